The van der Waals surface area contributed by atoms with Crippen molar-refractivity contribution in [3.63, 3.8) is 0 Å². The fraction of sp³-hybridized carbons (Fsp3) is 0.467. The fourth-order valence-corrected chi connectivity index (χ4v) is 3.69. The lowest BCUT2D eigenvalue weighted by Gasteiger charge is -2.22. The highest BCUT2D eigenvalue weighted by atomic mass is 32.2. The topological polar surface area (TPSA) is 99.1 Å². The van der Waals surface area contributed by atoms with Crippen molar-refractivity contribution < 1.29 is 13.2 Å². The molecule has 2 N–H and O–H groups in total. The minimum Gasteiger partial charge on any atom is -0.352 e. The summed E-state index contributed by atoms with van der Waals surface area (Å²) in [5.41, 5.74) is 0.0580. The minimum absolute atomic E-state index is 0.0580. The van der Waals surface area contributed by atoms with Gasteiger partial charge in [0, 0.05) is 6.04 Å². The van der Waals surface area contributed by atoms with E-state index in [1.54, 1.807) is 6.07 Å². The van der Waals surface area contributed by atoms with Crippen LogP contribution in [0, 0.1) is 11.3 Å². The largest absolute Gasteiger partial charge is 0.352 e. The summed E-state index contributed by atoms with van der Waals surface area (Å²) in [5, 5.41) is 11.8. The van der Waals surface area contributed by atoms with Crippen molar-refractivity contribution in [1.82, 2.24) is 10.0 Å². The number of amides is 1. The molecule has 0 heterocycles. The number of carbonyl (C=O) groups is 1. The zero-order chi connectivity index (χ0) is 16.0. The molecule has 0 radical (unpaired) electrons. The van der Waals surface area contributed by atoms with E-state index in [9.17, 15) is 13.2 Å². The smallest absolute Gasteiger partial charge is 0.242 e. The average Bonchev–Trinajstić information content (AvgIpc) is 2.54. The lowest BCUT2D eigenvalue weighted by Crippen LogP contribution is -2.42. The van der Waals surface area contributed by atoms with Crippen molar-refractivity contribution in [2.45, 2.75) is 43.0 Å². The van der Waals surface area contributed by atoms with Crippen LogP contribution in [-0.4, -0.2) is 26.9 Å². The Bertz CT molecular complexity index is 674. The molecule has 1 aromatic carbocycles. The van der Waals surface area contributed by atoms with Crippen LogP contribution in [0.1, 0.15) is 37.7 Å². The van der Waals surface area contributed by atoms with Gasteiger partial charge in [-0.15, -0.1) is 0 Å². The van der Waals surface area contributed by atoms with Crippen LogP contribution in [0.3, 0.4) is 0 Å². The molecule has 0 unspecified atom stereocenters. The van der Waals surface area contributed by atoms with E-state index >= 15 is 0 Å². The number of nitriles is 1. The molecule has 0 aliphatic heterocycles. The molecule has 1 saturated carbocycles. The summed E-state index contributed by atoms with van der Waals surface area (Å²) in [5.74, 6) is -0.343. The van der Waals surface area contributed by atoms with E-state index in [4.69, 9.17) is 5.26 Å². The molecular formula is C15H19N3O3S. The first-order valence-corrected chi connectivity index (χ1v) is 8.79. The highest BCUT2D eigenvalue weighted by Crippen LogP contribution is 2.17. The normalized spacial score (nSPS) is 16.0. The Morgan fingerprint density at radius 3 is 2.59 bits per heavy atom. The van der Waals surface area contributed by atoms with Crippen molar-refractivity contribution in [2.24, 2.45) is 0 Å². The van der Waals surface area contributed by atoms with Crippen molar-refractivity contribution in [3.05, 3.63) is 29.8 Å². The molecule has 22 heavy (non-hydrogen) atoms. The first kappa shape index (κ1) is 16.5. The number of benzene rings is 1. The highest BCUT2D eigenvalue weighted by Gasteiger charge is 2.20. The summed E-state index contributed by atoms with van der Waals surface area (Å²) in [6.45, 7) is -0.321. The first-order chi connectivity index (χ1) is 10.5. The van der Waals surface area contributed by atoms with Crippen LogP contribution in [0.15, 0.2) is 29.2 Å². The molecule has 0 bridgehead atoms. The number of nitrogens with zero attached hydrogens (tertiary/aromatic N) is 1. The Balaban J connectivity index is 1.95. The summed E-state index contributed by atoms with van der Waals surface area (Å²) in [6, 6.07) is 7.88. The van der Waals surface area contributed by atoms with Crippen LogP contribution in [0.2, 0.25) is 0 Å². The van der Waals surface area contributed by atoms with Gasteiger partial charge in [-0.25, -0.2) is 13.1 Å². The van der Waals surface area contributed by atoms with E-state index < -0.39 is 10.0 Å². The third-order valence-corrected chi connectivity index (χ3v) is 5.15. The third-order valence-electron chi connectivity index (χ3n) is 3.69. The molecule has 1 aromatic rings. The fourth-order valence-electron chi connectivity index (χ4n) is 2.56. The molecule has 2 rings (SSSR count). The number of sulfonamides is 1. The van der Waals surface area contributed by atoms with Gasteiger partial charge in [-0.2, -0.15) is 5.26 Å². The molecule has 1 amide bonds. The molecule has 7 heteroatoms. The first-order valence-electron chi connectivity index (χ1n) is 7.31. The highest BCUT2D eigenvalue weighted by molar-refractivity contribution is 7.89. The second-order valence-corrected chi connectivity index (χ2v) is 7.07. The standard InChI is InChI=1S/C15H19N3O3S/c16-10-12-6-4-5-9-14(12)22(20,21)17-11-15(19)18-13-7-2-1-3-8-13/h4-6,9,13,17H,1-3,7-8,11H2,(H,18,19). The van der Waals surface area contributed by atoms with Crippen molar-refractivity contribution in [2.75, 3.05) is 6.54 Å². The number of hydrogen-bond donors (Lipinski definition) is 2. The summed E-state index contributed by atoms with van der Waals surface area (Å²) < 4.78 is 26.6. The van der Waals surface area contributed by atoms with Crippen LogP contribution in [0.25, 0.3) is 0 Å². The van der Waals surface area contributed by atoms with Crippen molar-refractivity contribution >= 4 is 15.9 Å². The maximum Gasteiger partial charge on any atom is 0.242 e. The van der Waals surface area contributed by atoms with Gasteiger partial charge in [0.05, 0.1) is 17.0 Å². The van der Waals surface area contributed by atoms with Crippen LogP contribution >= 0.6 is 0 Å². The lowest BCUT2D eigenvalue weighted by atomic mass is 9.95. The van der Waals surface area contributed by atoms with Gasteiger partial charge in [-0.05, 0) is 25.0 Å². The molecule has 0 aromatic heterocycles. The SMILES string of the molecule is N#Cc1ccccc1S(=O)(=O)NCC(=O)NC1CCCCC1. The molecule has 118 valence electrons. The van der Waals surface area contributed by atoms with Gasteiger partial charge in [0.2, 0.25) is 15.9 Å². The van der Waals surface area contributed by atoms with Crippen LogP contribution < -0.4 is 10.0 Å². The Hall–Kier alpha value is -1.91. The van der Waals surface area contributed by atoms with E-state index in [0.717, 1.165) is 25.7 Å². The van der Waals surface area contributed by atoms with E-state index in [1.807, 2.05) is 6.07 Å². The number of nitrogens with one attached hydrogen (secondary N) is 2. The summed E-state index contributed by atoms with van der Waals surface area (Å²) in [4.78, 5) is 11.7. The van der Waals surface area contributed by atoms with Crippen LogP contribution in [0.5, 0.6) is 0 Å². The monoisotopic (exact) mass is 321 g/mol. The molecule has 1 aliphatic rings. The third kappa shape index (κ3) is 4.29. The van der Waals surface area contributed by atoms with Crippen LogP contribution in [-0.2, 0) is 14.8 Å². The van der Waals surface area contributed by atoms with Crippen LogP contribution in [0.4, 0.5) is 0 Å². The lowest BCUT2D eigenvalue weighted by molar-refractivity contribution is -0.120. The summed E-state index contributed by atoms with van der Waals surface area (Å²) >= 11 is 0. The second kappa shape index (κ2) is 7.38. The average molecular weight is 321 g/mol. The molecule has 1 fully saturated rings. The van der Waals surface area contributed by atoms with E-state index in [1.165, 1.54) is 24.6 Å². The predicted octanol–water partition coefficient (Wildman–Crippen LogP) is 1.29. The van der Waals surface area contributed by atoms with E-state index in [2.05, 4.69) is 10.0 Å². The Morgan fingerprint density at radius 2 is 1.91 bits per heavy atom. The summed E-state index contributed by atoms with van der Waals surface area (Å²) in [7, 11) is -3.87. The molecule has 0 atom stereocenters. The predicted molar refractivity (Wildman–Crippen MR) is 81.4 cm³/mol. The quantitative estimate of drug-likeness (QED) is 0.853. The van der Waals surface area contributed by atoms with Gasteiger partial charge < -0.3 is 5.32 Å². The van der Waals surface area contributed by atoms with Gasteiger partial charge in [-0.1, -0.05) is 31.4 Å². The Kier molecular flexibility index (Phi) is 5.52. The molecule has 0 saturated heterocycles. The van der Waals surface area contributed by atoms with Gasteiger partial charge in [0.25, 0.3) is 0 Å². The van der Waals surface area contributed by atoms with Crippen molar-refractivity contribution in [1.29, 1.82) is 5.26 Å². The molecular weight excluding hydrogens is 302 g/mol. The Labute approximate surface area is 130 Å². The maximum atomic E-state index is 12.2. The number of rotatable bonds is 5. The van der Waals surface area contributed by atoms with Gasteiger partial charge in [0.15, 0.2) is 0 Å². The number of hydrogen-bond acceptors (Lipinski definition) is 4. The zero-order valence-electron chi connectivity index (χ0n) is 12.2. The zero-order valence-corrected chi connectivity index (χ0v) is 13.0. The second-order valence-electron chi connectivity index (χ2n) is 5.33. The molecule has 6 nitrogen and oxygen atoms in total. The van der Waals surface area contributed by atoms with Gasteiger partial charge in [0.1, 0.15) is 6.07 Å². The minimum atomic E-state index is -3.87. The molecule has 0 spiro atoms. The maximum absolute atomic E-state index is 12.2. The van der Waals surface area contributed by atoms with E-state index in [-0.39, 0.29) is 29.0 Å². The van der Waals surface area contributed by atoms with Gasteiger partial charge in [-0.3, -0.25) is 4.79 Å². The van der Waals surface area contributed by atoms with E-state index in [0.29, 0.717) is 0 Å². The Morgan fingerprint density at radius 1 is 1.23 bits per heavy atom. The van der Waals surface area contributed by atoms with Crippen molar-refractivity contribution in [3.8, 4) is 6.07 Å². The molecule has 1 aliphatic carbocycles. The summed E-state index contributed by atoms with van der Waals surface area (Å²) in [6.07, 6.45) is 5.24. The number of carbonyl (C=O) groups excluding carboxylic acids is 1. The van der Waals surface area contributed by atoms with Gasteiger partial charge >= 0.3 is 0 Å².